The Kier molecular flexibility index (Phi) is 5.59. The van der Waals surface area contributed by atoms with Crippen LogP contribution >= 0.6 is 11.8 Å². The summed E-state index contributed by atoms with van der Waals surface area (Å²) < 4.78 is 12.1. The molecule has 0 aromatic carbocycles. The van der Waals surface area contributed by atoms with Gasteiger partial charge in [-0.05, 0) is 29.2 Å². The molecule has 1 fully saturated rings. The Balaban J connectivity index is 1.95. The lowest BCUT2D eigenvalue weighted by Gasteiger charge is -2.25. The van der Waals surface area contributed by atoms with E-state index in [-0.39, 0.29) is 6.29 Å². The first kappa shape index (κ1) is 14.7. The molecule has 0 spiro atoms. The lowest BCUT2D eigenvalue weighted by atomic mass is 9.91. The van der Waals surface area contributed by atoms with Crippen molar-refractivity contribution in [2.45, 2.75) is 55.8 Å². The van der Waals surface area contributed by atoms with Crippen molar-refractivity contribution in [3.63, 3.8) is 0 Å². The monoisotopic (exact) mass is 286 g/mol. The van der Waals surface area contributed by atoms with Crippen molar-refractivity contribution in [1.82, 2.24) is 20.2 Å². The molecule has 0 radical (unpaired) electrons. The minimum absolute atomic E-state index is 0.312. The van der Waals surface area contributed by atoms with Gasteiger partial charge in [0.05, 0.1) is 6.54 Å². The van der Waals surface area contributed by atoms with E-state index in [0.29, 0.717) is 11.8 Å². The summed E-state index contributed by atoms with van der Waals surface area (Å²) in [7, 11) is 3.24. The SMILES string of the molecule is COC(Cn1nnnc1SC1CCCC(C)C1)OC. The number of rotatable bonds is 6. The van der Waals surface area contributed by atoms with Crippen LogP contribution in [0.4, 0.5) is 0 Å². The van der Waals surface area contributed by atoms with E-state index >= 15 is 0 Å². The molecule has 2 rings (SSSR count). The topological polar surface area (TPSA) is 62.1 Å². The van der Waals surface area contributed by atoms with Crippen LogP contribution in [-0.2, 0) is 16.0 Å². The fraction of sp³-hybridized carbons (Fsp3) is 0.917. The number of methoxy groups -OCH3 is 2. The molecule has 0 amide bonds. The Bertz CT molecular complexity index is 384. The van der Waals surface area contributed by atoms with E-state index in [1.807, 2.05) is 0 Å². The van der Waals surface area contributed by atoms with Crippen molar-refractivity contribution < 1.29 is 9.47 Å². The van der Waals surface area contributed by atoms with Gasteiger partial charge in [-0.15, -0.1) is 5.10 Å². The van der Waals surface area contributed by atoms with Gasteiger partial charge in [0.2, 0.25) is 5.16 Å². The molecule has 2 atom stereocenters. The summed E-state index contributed by atoms with van der Waals surface area (Å²) in [6, 6.07) is 0. The third-order valence-electron chi connectivity index (χ3n) is 3.51. The molecular weight excluding hydrogens is 264 g/mol. The number of ether oxygens (including phenoxy) is 2. The third-order valence-corrected chi connectivity index (χ3v) is 4.77. The quantitative estimate of drug-likeness (QED) is 0.745. The van der Waals surface area contributed by atoms with E-state index in [2.05, 4.69) is 22.4 Å². The summed E-state index contributed by atoms with van der Waals surface area (Å²) in [5.74, 6) is 0.807. The number of aromatic nitrogens is 4. The summed E-state index contributed by atoms with van der Waals surface area (Å²) in [6.45, 7) is 2.84. The van der Waals surface area contributed by atoms with Crippen LogP contribution in [0.3, 0.4) is 0 Å². The summed E-state index contributed by atoms with van der Waals surface area (Å²) in [5.41, 5.74) is 0. The zero-order valence-electron chi connectivity index (χ0n) is 11.8. The van der Waals surface area contributed by atoms with Gasteiger partial charge in [-0.25, -0.2) is 4.68 Å². The minimum atomic E-state index is -0.312. The highest BCUT2D eigenvalue weighted by atomic mass is 32.2. The van der Waals surface area contributed by atoms with Crippen LogP contribution in [0.25, 0.3) is 0 Å². The average Bonchev–Trinajstić information content (AvgIpc) is 2.83. The summed E-state index contributed by atoms with van der Waals surface area (Å²) in [5, 5.41) is 13.4. The maximum Gasteiger partial charge on any atom is 0.209 e. The maximum atomic E-state index is 5.19. The van der Waals surface area contributed by atoms with Crippen molar-refractivity contribution in [2.75, 3.05) is 14.2 Å². The van der Waals surface area contributed by atoms with Gasteiger partial charge >= 0.3 is 0 Å². The fourth-order valence-corrected chi connectivity index (χ4v) is 3.74. The molecule has 1 aliphatic rings. The molecule has 0 N–H and O–H groups in total. The number of nitrogens with zero attached hydrogens (tertiary/aromatic N) is 4. The lowest BCUT2D eigenvalue weighted by molar-refractivity contribution is -0.113. The Morgan fingerprint density at radius 3 is 2.84 bits per heavy atom. The molecule has 1 heterocycles. The molecular formula is C12H22N4O2S. The van der Waals surface area contributed by atoms with E-state index in [1.165, 1.54) is 25.7 Å². The highest BCUT2D eigenvalue weighted by Gasteiger charge is 2.23. The van der Waals surface area contributed by atoms with Gasteiger partial charge in [-0.2, -0.15) is 0 Å². The second-order valence-corrected chi connectivity index (χ2v) is 6.32. The van der Waals surface area contributed by atoms with E-state index in [4.69, 9.17) is 9.47 Å². The molecule has 6 nitrogen and oxygen atoms in total. The third kappa shape index (κ3) is 4.15. The van der Waals surface area contributed by atoms with Crippen LogP contribution in [0.1, 0.15) is 32.6 Å². The molecule has 0 saturated heterocycles. The first-order valence-electron chi connectivity index (χ1n) is 6.71. The second kappa shape index (κ2) is 7.21. The van der Waals surface area contributed by atoms with Crippen molar-refractivity contribution in [1.29, 1.82) is 0 Å². The predicted octanol–water partition coefficient (Wildman–Crippen LogP) is 1.96. The maximum absolute atomic E-state index is 5.19. The van der Waals surface area contributed by atoms with Crippen LogP contribution in [0.2, 0.25) is 0 Å². The zero-order valence-corrected chi connectivity index (χ0v) is 12.6. The Hall–Kier alpha value is -0.660. The van der Waals surface area contributed by atoms with E-state index in [1.54, 1.807) is 30.7 Å². The zero-order chi connectivity index (χ0) is 13.7. The molecule has 7 heteroatoms. The molecule has 1 saturated carbocycles. The largest absolute Gasteiger partial charge is 0.354 e. The molecule has 2 unspecified atom stereocenters. The fourth-order valence-electron chi connectivity index (χ4n) is 2.42. The van der Waals surface area contributed by atoms with Crippen LogP contribution < -0.4 is 0 Å². The van der Waals surface area contributed by atoms with Gasteiger partial charge in [0.1, 0.15) is 0 Å². The van der Waals surface area contributed by atoms with E-state index in [0.717, 1.165) is 11.1 Å². The average molecular weight is 286 g/mol. The molecule has 108 valence electrons. The summed E-state index contributed by atoms with van der Waals surface area (Å²) in [6.07, 6.45) is 4.83. The molecule has 1 aromatic rings. The highest BCUT2D eigenvalue weighted by Crippen LogP contribution is 2.34. The normalized spacial score (nSPS) is 24.0. The van der Waals surface area contributed by atoms with Crippen molar-refractivity contribution in [3.8, 4) is 0 Å². The number of tetrazole rings is 1. The van der Waals surface area contributed by atoms with Gasteiger partial charge < -0.3 is 9.47 Å². The van der Waals surface area contributed by atoms with Crippen LogP contribution in [-0.4, -0.2) is 46.0 Å². The molecule has 0 aliphatic heterocycles. The molecule has 0 bridgehead atoms. The van der Waals surface area contributed by atoms with E-state index < -0.39 is 0 Å². The van der Waals surface area contributed by atoms with Crippen molar-refractivity contribution in [2.24, 2.45) is 5.92 Å². The van der Waals surface area contributed by atoms with Crippen molar-refractivity contribution >= 4 is 11.8 Å². The predicted molar refractivity (Wildman–Crippen MR) is 72.9 cm³/mol. The van der Waals surface area contributed by atoms with Crippen LogP contribution in [0.15, 0.2) is 5.16 Å². The van der Waals surface area contributed by atoms with Gasteiger partial charge in [0, 0.05) is 19.5 Å². The number of hydrogen-bond acceptors (Lipinski definition) is 6. The van der Waals surface area contributed by atoms with Gasteiger partial charge in [0.15, 0.2) is 6.29 Å². The summed E-state index contributed by atoms with van der Waals surface area (Å²) in [4.78, 5) is 0. The highest BCUT2D eigenvalue weighted by molar-refractivity contribution is 7.99. The second-order valence-electron chi connectivity index (χ2n) is 5.06. The Morgan fingerprint density at radius 1 is 1.37 bits per heavy atom. The van der Waals surface area contributed by atoms with Crippen LogP contribution in [0, 0.1) is 5.92 Å². The number of hydrogen-bond donors (Lipinski definition) is 0. The Labute approximate surface area is 118 Å². The standard InChI is InChI=1S/C12H22N4O2S/c1-9-5-4-6-10(7-9)19-12-13-14-15-16(12)8-11(17-2)18-3/h9-11H,4-8H2,1-3H3. The van der Waals surface area contributed by atoms with Crippen LogP contribution in [0.5, 0.6) is 0 Å². The Morgan fingerprint density at radius 2 is 2.16 bits per heavy atom. The first-order chi connectivity index (χ1) is 9.22. The summed E-state index contributed by atoms with van der Waals surface area (Å²) >= 11 is 1.78. The molecule has 1 aliphatic carbocycles. The molecule has 1 aromatic heterocycles. The van der Waals surface area contributed by atoms with Gasteiger partial charge in [-0.1, -0.05) is 31.5 Å². The van der Waals surface area contributed by atoms with E-state index in [9.17, 15) is 0 Å². The van der Waals surface area contributed by atoms with Gasteiger partial charge in [0.25, 0.3) is 0 Å². The smallest absolute Gasteiger partial charge is 0.209 e. The van der Waals surface area contributed by atoms with Gasteiger partial charge in [-0.3, -0.25) is 0 Å². The molecule has 19 heavy (non-hydrogen) atoms. The van der Waals surface area contributed by atoms with Crippen molar-refractivity contribution in [3.05, 3.63) is 0 Å². The lowest BCUT2D eigenvalue weighted by Crippen LogP contribution is -2.22. The number of thioether (sulfide) groups is 1. The first-order valence-corrected chi connectivity index (χ1v) is 7.59. The minimum Gasteiger partial charge on any atom is -0.354 e.